The average molecular weight is 599 g/mol. The third-order valence-corrected chi connectivity index (χ3v) is 8.63. The van der Waals surface area contributed by atoms with Crippen LogP contribution in [0.25, 0.3) is 0 Å². The van der Waals surface area contributed by atoms with Crippen LogP contribution in [0.4, 0.5) is 24.7 Å². The monoisotopic (exact) mass is 598 g/mol. The van der Waals surface area contributed by atoms with Gasteiger partial charge in [0.15, 0.2) is 0 Å². The predicted molar refractivity (Wildman–Crippen MR) is 146 cm³/mol. The van der Waals surface area contributed by atoms with Gasteiger partial charge in [0.1, 0.15) is 23.7 Å². The first-order valence-electron chi connectivity index (χ1n) is 12.9. The van der Waals surface area contributed by atoms with Gasteiger partial charge >= 0.3 is 10.2 Å². The fourth-order valence-electron chi connectivity index (χ4n) is 5.11. The molecule has 1 aliphatic carbocycles. The number of pyridine rings is 1. The third kappa shape index (κ3) is 5.65. The maximum Gasteiger partial charge on any atom is 0.303 e. The van der Waals surface area contributed by atoms with Crippen LogP contribution in [0.15, 0.2) is 66.9 Å². The summed E-state index contributed by atoms with van der Waals surface area (Å²) in [5, 5.41) is 11.9. The lowest BCUT2D eigenvalue weighted by Crippen LogP contribution is -2.56. The van der Waals surface area contributed by atoms with Gasteiger partial charge in [-0.15, -0.1) is 0 Å². The molecule has 2 heterocycles. The second kappa shape index (κ2) is 11.1. The van der Waals surface area contributed by atoms with Gasteiger partial charge in [0.2, 0.25) is 5.91 Å². The zero-order valence-electron chi connectivity index (χ0n) is 22.2. The van der Waals surface area contributed by atoms with Gasteiger partial charge < -0.3 is 5.32 Å². The van der Waals surface area contributed by atoms with Gasteiger partial charge in [-0.25, -0.2) is 22.5 Å². The van der Waals surface area contributed by atoms with E-state index in [2.05, 4.69) is 15.0 Å². The van der Waals surface area contributed by atoms with Gasteiger partial charge in [-0.2, -0.15) is 18.4 Å². The van der Waals surface area contributed by atoms with Crippen molar-refractivity contribution in [2.75, 3.05) is 15.7 Å². The van der Waals surface area contributed by atoms with Crippen LogP contribution < -0.4 is 19.2 Å². The minimum atomic E-state index is -4.32. The number of aryl methyl sites for hydroxylation is 1. The first kappa shape index (κ1) is 29.0. The Kier molecular flexibility index (Phi) is 7.65. The van der Waals surface area contributed by atoms with E-state index in [0.717, 1.165) is 17.0 Å². The molecule has 2 atom stereocenters. The zero-order valence-corrected chi connectivity index (χ0v) is 23.0. The molecule has 5 rings (SSSR count). The molecule has 218 valence electrons. The number of carbonyl (C=O) groups is 2. The van der Waals surface area contributed by atoms with Gasteiger partial charge in [-0.05, 0) is 48.4 Å². The van der Waals surface area contributed by atoms with Crippen molar-refractivity contribution in [1.82, 2.24) is 15.0 Å². The highest BCUT2D eigenvalue weighted by molar-refractivity contribution is 7.91. The minimum absolute atomic E-state index is 0.0645. The molecule has 0 unspecified atom stereocenters. The Morgan fingerprint density at radius 2 is 1.90 bits per heavy atom. The molecule has 2 aromatic carbocycles. The maximum atomic E-state index is 14.5. The van der Waals surface area contributed by atoms with Crippen molar-refractivity contribution in [1.29, 1.82) is 5.26 Å². The van der Waals surface area contributed by atoms with Gasteiger partial charge in [0, 0.05) is 37.3 Å². The molecule has 1 aromatic heterocycles. The Morgan fingerprint density at radius 1 is 1.17 bits per heavy atom. The molecule has 1 saturated carbocycles. The largest absolute Gasteiger partial charge is 0.351 e. The molecule has 0 bridgehead atoms. The summed E-state index contributed by atoms with van der Waals surface area (Å²) in [6.07, 6.45) is 0.0603. The number of nitriles is 1. The molecule has 1 saturated heterocycles. The smallest absolute Gasteiger partial charge is 0.303 e. The lowest BCUT2D eigenvalue weighted by atomic mass is 9.87. The van der Waals surface area contributed by atoms with E-state index in [4.69, 9.17) is 0 Å². The van der Waals surface area contributed by atoms with Gasteiger partial charge in [0.25, 0.3) is 11.8 Å². The summed E-state index contributed by atoms with van der Waals surface area (Å²) in [4.78, 5) is 33.3. The van der Waals surface area contributed by atoms with Crippen molar-refractivity contribution >= 4 is 33.5 Å². The zero-order chi connectivity index (χ0) is 30.2. The maximum absolute atomic E-state index is 14.5. The quantitative estimate of drug-likeness (QED) is 0.429. The number of nitrogens with one attached hydrogen (secondary N) is 2. The normalized spacial score (nSPS) is 19.8. The predicted octanol–water partition coefficient (Wildman–Crippen LogP) is 3.11. The van der Waals surface area contributed by atoms with Gasteiger partial charge in [-0.1, -0.05) is 30.3 Å². The van der Waals surface area contributed by atoms with Crippen LogP contribution in [0.3, 0.4) is 0 Å². The summed E-state index contributed by atoms with van der Waals surface area (Å²) in [5.74, 6) is -5.59. The average Bonchev–Trinajstić information content (AvgIpc) is 3.25. The molecule has 10 nitrogen and oxygen atoms in total. The van der Waals surface area contributed by atoms with E-state index in [1.807, 2.05) is 6.07 Å². The summed E-state index contributed by atoms with van der Waals surface area (Å²) < 4.78 is 70.9. The van der Waals surface area contributed by atoms with Crippen LogP contribution in [0, 0.1) is 24.1 Å². The molecule has 2 aliphatic rings. The van der Waals surface area contributed by atoms with E-state index in [-0.39, 0.29) is 17.1 Å². The van der Waals surface area contributed by atoms with E-state index in [0.29, 0.717) is 15.4 Å². The third-order valence-electron chi connectivity index (χ3n) is 7.14. The molecule has 42 heavy (non-hydrogen) atoms. The highest BCUT2D eigenvalue weighted by Gasteiger charge is 2.49. The number of halogens is 3. The second-order valence-corrected chi connectivity index (χ2v) is 11.7. The van der Waals surface area contributed by atoms with Crippen LogP contribution in [-0.4, -0.2) is 49.8 Å². The lowest BCUT2D eigenvalue weighted by molar-refractivity contribution is -0.133. The summed E-state index contributed by atoms with van der Waals surface area (Å²) >= 11 is 0. The Labute approximate surface area is 239 Å². The van der Waals surface area contributed by atoms with Crippen molar-refractivity contribution in [2.45, 2.75) is 43.8 Å². The number of benzene rings is 2. The summed E-state index contributed by atoms with van der Waals surface area (Å²) in [7, 11) is -4.32. The van der Waals surface area contributed by atoms with Crippen LogP contribution >= 0.6 is 0 Å². The van der Waals surface area contributed by atoms with E-state index in [1.165, 1.54) is 30.5 Å². The number of hydrogen-bond donors (Lipinski definition) is 2. The fourth-order valence-corrected chi connectivity index (χ4v) is 6.46. The van der Waals surface area contributed by atoms with E-state index >= 15 is 0 Å². The molecule has 1 aliphatic heterocycles. The number of hydrogen-bond acceptors (Lipinski definition) is 6. The standard InChI is InChI=1S/C28H25F3N6O4S/c1-17-5-2-3-8-22(17)25(26(38)35-20-13-28(30,31)14-20)36(21-7-4-6-19(29)12-21)27(39)23-16-34-42(40,41)37(23)24-11-18(15-32)9-10-33-24/h2-12,20,23,25,34H,13-14,16H2,1H3,(H,35,38)/t23-,25+/m0/s1. The molecule has 2 amide bonds. The highest BCUT2D eigenvalue weighted by atomic mass is 32.2. The Hall–Kier alpha value is -4.48. The Bertz CT molecular complexity index is 1690. The first-order valence-corrected chi connectivity index (χ1v) is 14.3. The van der Waals surface area contributed by atoms with E-state index < -0.39 is 71.3 Å². The van der Waals surface area contributed by atoms with Gasteiger partial charge in [0.05, 0.1) is 11.6 Å². The van der Waals surface area contributed by atoms with Crippen LogP contribution in [0.2, 0.25) is 0 Å². The molecule has 14 heteroatoms. The number of nitrogens with zero attached hydrogens (tertiary/aromatic N) is 4. The number of amides is 2. The number of rotatable bonds is 7. The Balaban J connectivity index is 1.63. The number of alkyl halides is 2. The number of anilines is 2. The molecule has 2 fully saturated rings. The van der Waals surface area contributed by atoms with Crippen molar-refractivity contribution in [3.05, 3.63) is 89.4 Å². The van der Waals surface area contributed by atoms with Crippen molar-refractivity contribution in [2.24, 2.45) is 0 Å². The summed E-state index contributed by atoms with van der Waals surface area (Å²) in [6.45, 7) is 1.26. The van der Waals surface area contributed by atoms with Crippen LogP contribution in [-0.2, 0) is 19.8 Å². The molecule has 3 aromatic rings. The number of aromatic nitrogens is 1. The first-order chi connectivity index (χ1) is 19.9. The molecule has 0 radical (unpaired) electrons. The molecular weight excluding hydrogens is 573 g/mol. The SMILES string of the molecule is Cc1ccccc1[C@H](C(=O)NC1CC(F)(F)C1)N(C(=O)[C@@H]1CNS(=O)(=O)N1c1cc(C#N)ccn1)c1cccc(F)c1. The van der Waals surface area contributed by atoms with E-state index in [9.17, 15) is 36.4 Å². The fraction of sp³-hybridized carbons (Fsp3) is 0.286. The number of carbonyl (C=O) groups excluding carboxylic acids is 2. The molecular formula is C28H25F3N6O4S. The molecule has 0 spiro atoms. The molecule has 2 N–H and O–H groups in total. The van der Waals surface area contributed by atoms with Crippen molar-refractivity contribution in [3.8, 4) is 6.07 Å². The Morgan fingerprint density at radius 3 is 2.57 bits per heavy atom. The second-order valence-electron chi connectivity index (χ2n) is 10.1. The van der Waals surface area contributed by atoms with Crippen LogP contribution in [0.1, 0.15) is 35.6 Å². The summed E-state index contributed by atoms with van der Waals surface area (Å²) in [6, 6.07) is 12.0. The topological polar surface area (TPSA) is 136 Å². The van der Waals surface area contributed by atoms with Crippen molar-refractivity contribution in [3.63, 3.8) is 0 Å². The van der Waals surface area contributed by atoms with Crippen LogP contribution in [0.5, 0.6) is 0 Å². The minimum Gasteiger partial charge on any atom is -0.351 e. The van der Waals surface area contributed by atoms with Crippen molar-refractivity contribution < 1.29 is 31.2 Å². The summed E-state index contributed by atoms with van der Waals surface area (Å²) in [5.41, 5.74) is 0.918. The van der Waals surface area contributed by atoms with Gasteiger partial charge in [-0.3, -0.25) is 14.5 Å². The highest BCUT2D eigenvalue weighted by Crippen LogP contribution is 2.39. The lowest BCUT2D eigenvalue weighted by Gasteiger charge is -2.39. The van der Waals surface area contributed by atoms with E-state index in [1.54, 1.807) is 31.2 Å².